The number of carbonyl (C=O) groups is 1. The van der Waals surface area contributed by atoms with Crippen LogP contribution >= 0.6 is 0 Å². The fourth-order valence-electron chi connectivity index (χ4n) is 3.43. The molecule has 3 rings (SSSR count). The van der Waals surface area contributed by atoms with E-state index in [0.29, 0.717) is 30.7 Å². The van der Waals surface area contributed by atoms with Gasteiger partial charge < -0.3 is 14.6 Å². The summed E-state index contributed by atoms with van der Waals surface area (Å²) >= 11 is 0. The molecule has 1 N–H and O–H groups in total. The molecule has 1 atom stereocenters. The van der Waals surface area contributed by atoms with Gasteiger partial charge in [-0.25, -0.2) is 0 Å². The van der Waals surface area contributed by atoms with Crippen LogP contribution < -0.4 is 10.2 Å². The highest BCUT2D eigenvalue weighted by Gasteiger charge is 2.24. The molecule has 0 radical (unpaired) electrons. The number of anilines is 1. The maximum absolute atomic E-state index is 12.4. The number of nitrogens with one attached hydrogen (secondary N) is 1. The third-order valence-electron chi connectivity index (χ3n) is 4.82. The Morgan fingerprint density at radius 2 is 1.81 bits per heavy atom. The molecular formula is C21H30N4O2. The summed E-state index contributed by atoms with van der Waals surface area (Å²) in [7, 11) is 0. The van der Waals surface area contributed by atoms with Crippen LogP contribution in [-0.2, 0) is 11.2 Å². The third kappa shape index (κ3) is 5.81. The summed E-state index contributed by atoms with van der Waals surface area (Å²) in [6, 6.07) is 10.3. The molecule has 2 heterocycles. The maximum Gasteiger partial charge on any atom is 0.318 e. The van der Waals surface area contributed by atoms with Gasteiger partial charge in [0.1, 0.15) is 6.04 Å². The molecule has 1 aromatic heterocycles. The van der Waals surface area contributed by atoms with Crippen molar-refractivity contribution in [1.82, 2.24) is 15.5 Å². The maximum atomic E-state index is 12.4. The quantitative estimate of drug-likeness (QED) is 0.800. The van der Waals surface area contributed by atoms with Crippen LogP contribution in [0.4, 0.5) is 6.01 Å². The molecule has 146 valence electrons. The molecule has 6 heteroatoms. The smallest absolute Gasteiger partial charge is 0.318 e. The van der Waals surface area contributed by atoms with Crippen molar-refractivity contribution in [3.63, 3.8) is 0 Å². The summed E-state index contributed by atoms with van der Waals surface area (Å²) in [5.74, 6) is 0.799. The molecule has 1 aliphatic rings. The van der Waals surface area contributed by atoms with Crippen molar-refractivity contribution in [1.29, 1.82) is 0 Å². The number of amides is 1. The largest absolute Gasteiger partial charge is 0.406 e. The second-order valence-corrected chi connectivity index (χ2v) is 7.73. The first-order chi connectivity index (χ1) is 13.1. The summed E-state index contributed by atoms with van der Waals surface area (Å²) in [5, 5.41) is 11.6. The SMILES string of the molecule is CC(C)CC(=O)NC(Cc1ccccc1)c1nnc(N2CCCCCC2)o1. The molecule has 1 saturated heterocycles. The van der Waals surface area contributed by atoms with Gasteiger partial charge in [-0.05, 0) is 24.3 Å². The van der Waals surface area contributed by atoms with Crippen molar-refractivity contribution in [2.75, 3.05) is 18.0 Å². The molecule has 0 aliphatic carbocycles. The molecule has 0 bridgehead atoms. The number of benzene rings is 1. The van der Waals surface area contributed by atoms with E-state index in [0.717, 1.165) is 31.5 Å². The number of carbonyl (C=O) groups excluding carboxylic acids is 1. The predicted molar refractivity (Wildman–Crippen MR) is 105 cm³/mol. The van der Waals surface area contributed by atoms with E-state index in [1.165, 1.54) is 12.8 Å². The van der Waals surface area contributed by atoms with Crippen LogP contribution in [0.25, 0.3) is 0 Å². The summed E-state index contributed by atoms with van der Waals surface area (Å²) in [6.45, 7) is 5.97. The molecule has 0 saturated carbocycles. The highest BCUT2D eigenvalue weighted by atomic mass is 16.4. The second kappa shape index (κ2) is 9.53. The van der Waals surface area contributed by atoms with Gasteiger partial charge in [-0.2, -0.15) is 0 Å². The molecule has 2 aromatic rings. The molecule has 0 spiro atoms. The number of hydrogen-bond donors (Lipinski definition) is 1. The van der Waals surface area contributed by atoms with Crippen LogP contribution in [-0.4, -0.2) is 29.2 Å². The highest BCUT2D eigenvalue weighted by molar-refractivity contribution is 5.76. The average Bonchev–Trinajstić information content (AvgIpc) is 2.97. The van der Waals surface area contributed by atoms with Gasteiger partial charge in [0, 0.05) is 25.9 Å². The van der Waals surface area contributed by atoms with E-state index >= 15 is 0 Å². The first kappa shape index (κ1) is 19.4. The minimum Gasteiger partial charge on any atom is -0.406 e. The van der Waals surface area contributed by atoms with Crippen LogP contribution in [0, 0.1) is 5.92 Å². The van der Waals surface area contributed by atoms with Gasteiger partial charge in [-0.3, -0.25) is 4.79 Å². The van der Waals surface area contributed by atoms with Gasteiger partial charge in [0.15, 0.2) is 0 Å². The Morgan fingerprint density at radius 3 is 2.48 bits per heavy atom. The molecule has 1 fully saturated rings. The van der Waals surface area contributed by atoms with Gasteiger partial charge >= 0.3 is 6.01 Å². The zero-order valence-corrected chi connectivity index (χ0v) is 16.4. The van der Waals surface area contributed by atoms with Crippen molar-refractivity contribution in [3.05, 3.63) is 41.8 Å². The fraction of sp³-hybridized carbons (Fsp3) is 0.571. The number of aromatic nitrogens is 2. The Labute approximate surface area is 161 Å². The average molecular weight is 370 g/mol. The highest BCUT2D eigenvalue weighted by Crippen LogP contribution is 2.23. The zero-order valence-electron chi connectivity index (χ0n) is 16.4. The van der Waals surface area contributed by atoms with Gasteiger partial charge in [0.25, 0.3) is 0 Å². The Bertz CT molecular complexity index is 706. The molecule has 6 nitrogen and oxygen atoms in total. The van der Waals surface area contributed by atoms with E-state index in [4.69, 9.17) is 4.42 Å². The molecule has 27 heavy (non-hydrogen) atoms. The number of rotatable bonds is 7. The lowest BCUT2D eigenvalue weighted by molar-refractivity contribution is -0.122. The predicted octanol–water partition coefficient (Wildman–Crippen LogP) is 3.90. The third-order valence-corrected chi connectivity index (χ3v) is 4.82. The summed E-state index contributed by atoms with van der Waals surface area (Å²) < 4.78 is 6.01. The monoisotopic (exact) mass is 370 g/mol. The van der Waals surface area contributed by atoms with Gasteiger partial charge in [0.2, 0.25) is 11.8 Å². The van der Waals surface area contributed by atoms with Gasteiger partial charge in [-0.1, -0.05) is 62.1 Å². The normalized spacial score (nSPS) is 16.2. The lowest BCUT2D eigenvalue weighted by atomic mass is 10.0. The fourth-order valence-corrected chi connectivity index (χ4v) is 3.43. The van der Waals surface area contributed by atoms with Crippen LogP contribution in [0.5, 0.6) is 0 Å². The topological polar surface area (TPSA) is 71.3 Å². The molecule has 1 aromatic carbocycles. The minimum atomic E-state index is -0.313. The van der Waals surface area contributed by atoms with E-state index in [1.54, 1.807) is 0 Å². The Morgan fingerprint density at radius 1 is 1.11 bits per heavy atom. The molecular weight excluding hydrogens is 340 g/mol. The Hall–Kier alpha value is -2.37. The molecule has 1 unspecified atom stereocenters. The number of nitrogens with zero attached hydrogens (tertiary/aromatic N) is 3. The van der Waals surface area contributed by atoms with Crippen molar-refractivity contribution in [2.45, 2.75) is 58.4 Å². The van der Waals surface area contributed by atoms with E-state index < -0.39 is 0 Å². The summed E-state index contributed by atoms with van der Waals surface area (Å²) in [5.41, 5.74) is 1.13. The first-order valence-corrected chi connectivity index (χ1v) is 10.0. The van der Waals surface area contributed by atoms with Crippen molar-refractivity contribution in [2.24, 2.45) is 5.92 Å². The van der Waals surface area contributed by atoms with Gasteiger partial charge in [-0.15, -0.1) is 5.10 Å². The van der Waals surface area contributed by atoms with Crippen LogP contribution in [0.15, 0.2) is 34.7 Å². The van der Waals surface area contributed by atoms with E-state index in [-0.39, 0.29) is 11.9 Å². The standard InChI is InChI=1S/C21H30N4O2/c1-16(2)14-19(26)22-18(15-17-10-6-5-7-11-17)20-23-24-21(27-20)25-12-8-3-4-9-13-25/h5-7,10-11,16,18H,3-4,8-9,12-15H2,1-2H3,(H,22,26). The first-order valence-electron chi connectivity index (χ1n) is 10.0. The molecule has 1 aliphatic heterocycles. The zero-order chi connectivity index (χ0) is 19.1. The van der Waals surface area contributed by atoms with Crippen LogP contribution in [0.3, 0.4) is 0 Å². The minimum absolute atomic E-state index is 0.0143. The van der Waals surface area contributed by atoms with Crippen molar-refractivity contribution >= 4 is 11.9 Å². The van der Waals surface area contributed by atoms with E-state index in [9.17, 15) is 4.79 Å². The van der Waals surface area contributed by atoms with Crippen LogP contribution in [0.1, 0.15) is 63.4 Å². The van der Waals surface area contributed by atoms with Crippen molar-refractivity contribution < 1.29 is 9.21 Å². The van der Waals surface area contributed by atoms with Crippen LogP contribution in [0.2, 0.25) is 0 Å². The summed E-state index contributed by atoms with van der Waals surface area (Å²) in [6.07, 6.45) is 5.91. The molecule has 1 amide bonds. The van der Waals surface area contributed by atoms with E-state index in [2.05, 4.69) is 20.4 Å². The Balaban J connectivity index is 1.76. The summed E-state index contributed by atoms with van der Waals surface area (Å²) in [4.78, 5) is 14.5. The van der Waals surface area contributed by atoms with Gasteiger partial charge in [0.05, 0.1) is 0 Å². The van der Waals surface area contributed by atoms with E-state index in [1.807, 2.05) is 44.2 Å². The van der Waals surface area contributed by atoms with Crippen molar-refractivity contribution in [3.8, 4) is 0 Å². The second-order valence-electron chi connectivity index (χ2n) is 7.73. The lowest BCUT2D eigenvalue weighted by Crippen LogP contribution is -2.31. The lowest BCUT2D eigenvalue weighted by Gasteiger charge is -2.18. The Kier molecular flexibility index (Phi) is 6.85. The number of hydrogen-bond acceptors (Lipinski definition) is 5.